The minimum Gasteiger partial charge on any atom is -0.247 e. The average molecular weight is 445 g/mol. The lowest BCUT2D eigenvalue weighted by Crippen LogP contribution is -2.39. The van der Waals surface area contributed by atoms with Crippen molar-refractivity contribution >= 4 is 10.0 Å². The molecule has 0 radical (unpaired) electrons. The van der Waals surface area contributed by atoms with E-state index in [-0.39, 0.29) is 16.5 Å². The van der Waals surface area contributed by atoms with E-state index in [0.29, 0.717) is 43.7 Å². The quantitative estimate of drug-likeness (QED) is 0.655. The van der Waals surface area contributed by atoms with Gasteiger partial charge in [-0.3, -0.25) is 0 Å². The van der Waals surface area contributed by atoms with Gasteiger partial charge in [0.25, 0.3) is 0 Å². The molecule has 0 spiro atoms. The van der Waals surface area contributed by atoms with Gasteiger partial charge in [-0.2, -0.15) is 9.40 Å². The lowest BCUT2D eigenvalue weighted by atomic mass is 9.94. The normalized spacial score (nSPS) is 16.0. The summed E-state index contributed by atoms with van der Waals surface area (Å²) in [6.07, 6.45) is 1.90. The van der Waals surface area contributed by atoms with E-state index >= 15 is 0 Å². The summed E-state index contributed by atoms with van der Waals surface area (Å²) in [7, 11) is -3.67. The number of H-pyrrole nitrogens is 1. The lowest BCUT2D eigenvalue weighted by molar-refractivity contribution is 0.269. The number of halogens is 1. The highest BCUT2D eigenvalue weighted by Crippen LogP contribution is 2.28. The van der Waals surface area contributed by atoms with Gasteiger partial charge in [-0.15, -0.1) is 0 Å². The van der Waals surface area contributed by atoms with Crippen LogP contribution in [0.1, 0.15) is 29.8 Å². The molecule has 1 saturated heterocycles. The molecule has 0 aliphatic carbocycles. The standard InChI is InChI=1S/C22H25FN4O3S/c1-15-5-3-4-6-19(15)27-21(24-25-22(27)28)14-17-9-11-26(12-10-17)31(29,30)20-8-7-18(23)13-16(20)2/h3-8,13,17H,9-12,14H2,1-2H3,(H,25,28). The number of piperidine rings is 1. The van der Waals surface area contributed by atoms with Crippen molar-refractivity contribution in [2.75, 3.05) is 13.1 Å². The third-order valence-electron chi connectivity index (χ3n) is 5.90. The van der Waals surface area contributed by atoms with E-state index in [9.17, 15) is 17.6 Å². The fraction of sp³-hybridized carbons (Fsp3) is 0.364. The monoisotopic (exact) mass is 444 g/mol. The number of hydrogen-bond donors (Lipinski definition) is 1. The zero-order valence-corrected chi connectivity index (χ0v) is 18.3. The van der Waals surface area contributed by atoms with Gasteiger partial charge in [0, 0.05) is 19.5 Å². The van der Waals surface area contributed by atoms with Crippen LogP contribution in [0.3, 0.4) is 0 Å². The number of rotatable bonds is 5. The molecule has 164 valence electrons. The summed E-state index contributed by atoms with van der Waals surface area (Å²) >= 11 is 0. The van der Waals surface area contributed by atoms with Gasteiger partial charge in [-0.25, -0.2) is 27.3 Å². The zero-order valence-electron chi connectivity index (χ0n) is 17.5. The topological polar surface area (TPSA) is 88.1 Å². The van der Waals surface area contributed by atoms with Crippen molar-refractivity contribution in [3.8, 4) is 5.69 Å². The number of aromatic amines is 1. The molecule has 31 heavy (non-hydrogen) atoms. The molecule has 0 saturated carbocycles. The molecule has 2 heterocycles. The Kier molecular flexibility index (Phi) is 5.81. The van der Waals surface area contributed by atoms with Gasteiger partial charge < -0.3 is 0 Å². The van der Waals surface area contributed by atoms with Crippen LogP contribution in [-0.2, 0) is 16.4 Å². The zero-order chi connectivity index (χ0) is 22.2. The van der Waals surface area contributed by atoms with Crippen molar-refractivity contribution in [3.63, 3.8) is 0 Å². The molecule has 9 heteroatoms. The first-order chi connectivity index (χ1) is 14.8. The van der Waals surface area contributed by atoms with E-state index in [1.807, 2.05) is 31.2 Å². The van der Waals surface area contributed by atoms with Crippen LogP contribution in [0.15, 0.2) is 52.2 Å². The van der Waals surface area contributed by atoms with E-state index in [1.54, 1.807) is 11.5 Å². The largest absolute Gasteiger partial charge is 0.347 e. The summed E-state index contributed by atoms with van der Waals surface area (Å²) in [5.41, 5.74) is 1.89. The SMILES string of the molecule is Cc1ccccc1-n1c(CC2CCN(S(=O)(=O)c3ccc(F)cc3C)CC2)n[nH]c1=O. The number of nitrogens with one attached hydrogen (secondary N) is 1. The van der Waals surface area contributed by atoms with Gasteiger partial charge in [0.2, 0.25) is 10.0 Å². The van der Waals surface area contributed by atoms with E-state index in [4.69, 9.17) is 0 Å². The first kappa shape index (κ1) is 21.5. The van der Waals surface area contributed by atoms with Crippen LogP contribution in [0.4, 0.5) is 4.39 Å². The highest BCUT2D eigenvalue weighted by Gasteiger charge is 2.31. The second kappa shape index (κ2) is 8.39. The predicted molar refractivity (Wildman–Crippen MR) is 115 cm³/mol. The maximum Gasteiger partial charge on any atom is 0.347 e. The molecule has 1 fully saturated rings. The van der Waals surface area contributed by atoms with E-state index in [1.165, 1.54) is 22.5 Å². The second-order valence-corrected chi connectivity index (χ2v) is 9.93. The van der Waals surface area contributed by atoms with Crippen molar-refractivity contribution in [2.45, 2.75) is 38.0 Å². The molecule has 1 aliphatic rings. The van der Waals surface area contributed by atoms with Crippen LogP contribution in [0.2, 0.25) is 0 Å². The van der Waals surface area contributed by atoms with Crippen molar-refractivity contribution < 1.29 is 12.8 Å². The Balaban J connectivity index is 1.49. The minimum absolute atomic E-state index is 0.146. The molecule has 0 bridgehead atoms. The Labute approximate surface area is 180 Å². The van der Waals surface area contributed by atoms with Crippen LogP contribution in [-0.4, -0.2) is 40.6 Å². The number of aryl methyl sites for hydroxylation is 2. The second-order valence-electron chi connectivity index (χ2n) is 8.03. The first-order valence-corrected chi connectivity index (χ1v) is 11.7. The highest BCUT2D eigenvalue weighted by molar-refractivity contribution is 7.89. The van der Waals surface area contributed by atoms with E-state index in [0.717, 1.165) is 11.3 Å². The number of hydrogen-bond acceptors (Lipinski definition) is 4. The molecule has 0 atom stereocenters. The van der Waals surface area contributed by atoms with Crippen LogP contribution >= 0.6 is 0 Å². The van der Waals surface area contributed by atoms with Crippen molar-refractivity contribution in [2.24, 2.45) is 5.92 Å². The van der Waals surface area contributed by atoms with Crippen LogP contribution in [0.25, 0.3) is 5.69 Å². The van der Waals surface area contributed by atoms with Crippen LogP contribution in [0.5, 0.6) is 0 Å². The van der Waals surface area contributed by atoms with E-state index < -0.39 is 15.8 Å². The Morgan fingerprint density at radius 1 is 1.10 bits per heavy atom. The van der Waals surface area contributed by atoms with Crippen molar-refractivity contribution in [1.29, 1.82) is 0 Å². The molecular weight excluding hydrogens is 419 g/mol. The number of para-hydroxylation sites is 1. The number of benzene rings is 2. The van der Waals surface area contributed by atoms with Gasteiger partial charge in [-0.1, -0.05) is 18.2 Å². The Morgan fingerprint density at radius 2 is 1.81 bits per heavy atom. The fourth-order valence-electron chi connectivity index (χ4n) is 4.18. The fourth-order valence-corrected chi connectivity index (χ4v) is 5.86. The average Bonchev–Trinajstić information content (AvgIpc) is 3.08. The smallest absolute Gasteiger partial charge is 0.247 e. The van der Waals surface area contributed by atoms with Gasteiger partial charge in [-0.05, 0) is 68.0 Å². The van der Waals surface area contributed by atoms with Gasteiger partial charge in [0.15, 0.2) is 0 Å². The van der Waals surface area contributed by atoms with Gasteiger partial charge in [0.1, 0.15) is 11.6 Å². The molecule has 3 aromatic rings. The third-order valence-corrected chi connectivity index (χ3v) is 7.96. The number of sulfonamides is 1. The molecule has 1 N–H and O–H groups in total. The van der Waals surface area contributed by atoms with Gasteiger partial charge >= 0.3 is 5.69 Å². The summed E-state index contributed by atoms with van der Waals surface area (Å²) in [6.45, 7) is 4.30. The molecule has 0 unspecified atom stereocenters. The molecule has 1 aliphatic heterocycles. The number of aromatic nitrogens is 3. The Morgan fingerprint density at radius 3 is 2.48 bits per heavy atom. The molecule has 2 aromatic carbocycles. The Hall–Kier alpha value is -2.78. The summed E-state index contributed by atoms with van der Waals surface area (Å²) in [4.78, 5) is 12.5. The number of nitrogens with zero attached hydrogens (tertiary/aromatic N) is 3. The molecule has 4 rings (SSSR count). The highest BCUT2D eigenvalue weighted by atomic mass is 32.2. The first-order valence-electron chi connectivity index (χ1n) is 10.3. The maximum absolute atomic E-state index is 13.4. The summed E-state index contributed by atoms with van der Waals surface area (Å²) in [6, 6.07) is 11.4. The summed E-state index contributed by atoms with van der Waals surface area (Å²) < 4.78 is 42.4. The summed E-state index contributed by atoms with van der Waals surface area (Å²) in [5, 5.41) is 6.76. The third kappa shape index (κ3) is 4.20. The molecule has 0 amide bonds. The van der Waals surface area contributed by atoms with Crippen molar-refractivity contribution in [1.82, 2.24) is 19.1 Å². The van der Waals surface area contributed by atoms with Crippen molar-refractivity contribution in [3.05, 3.63) is 75.7 Å². The maximum atomic E-state index is 13.4. The molecular formula is C22H25FN4O3S. The summed E-state index contributed by atoms with van der Waals surface area (Å²) in [5.74, 6) is 0.405. The van der Waals surface area contributed by atoms with Crippen LogP contribution < -0.4 is 5.69 Å². The Bertz CT molecular complexity index is 1260. The molecule has 7 nitrogen and oxygen atoms in total. The molecule has 1 aromatic heterocycles. The predicted octanol–water partition coefficient (Wildman–Crippen LogP) is 2.96. The van der Waals surface area contributed by atoms with Gasteiger partial charge in [0.05, 0.1) is 10.6 Å². The minimum atomic E-state index is -3.67. The van der Waals surface area contributed by atoms with Crippen LogP contribution in [0, 0.1) is 25.6 Å². The van der Waals surface area contributed by atoms with E-state index in [2.05, 4.69) is 10.2 Å². The lowest BCUT2D eigenvalue weighted by Gasteiger charge is -2.31.